The highest BCUT2D eigenvalue weighted by Gasteiger charge is 2.00. The van der Waals surface area contributed by atoms with E-state index < -0.39 is 13.2 Å². The number of hydrogen-bond acceptors (Lipinski definition) is 5. The topological polar surface area (TPSA) is 90.2 Å². The lowest BCUT2D eigenvalue weighted by Gasteiger charge is -1.86. The van der Waals surface area contributed by atoms with Crippen LogP contribution in [0, 0.1) is 10.1 Å². The second-order valence-corrected chi connectivity index (χ2v) is 5.49. The molecule has 14 heavy (non-hydrogen) atoms. The summed E-state index contributed by atoms with van der Waals surface area (Å²) in [6.07, 6.45) is 1.39. The van der Waals surface area contributed by atoms with Crippen LogP contribution in [0.25, 0.3) is 0 Å². The number of aromatic nitrogens is 1. The molecule has 0 fully saturated rings. The highest BCUT2D eigenvalue weighted by Crippen LogP contribution is 2.01. The van der Waals surface area contributed by atoms with Gasteiger partial charge < -0.3 is 10.1 Å². The van der Waals surface area contributed by atoms with Gasteiger partial charge in [-0.1, -0.05) is 6.07 Å². The molecule has 9 heteroatoms. The Morgan fingerprint density at radius 1 is 1.36 bits per heavy atom. The molecular weight excluding hydrogens is 255 g/mol. The number of nitro groups is 1. The summed E-state index contributed by atoms with van der Waals surface area (Å²) >= 11 is 0. The van der Waals surface area contributed by atoms with Crippen LogP contribution in [0.5, 0.6) is 0 Å². The zero-order valence-corrected chi connectivity index (χ0v) is 8.83. The minimum atomic E-state index is -3.72. The predicted octanol–water partition coefficient (Wildman–Crippen LogP) is 1.70. The molecule has 78 valence electrons. The molecule has 0 saturated carbocycles. The number of pyridine rings is 1. The number of hydrogen-bond donors (Lipinski definition) is 0. The lowest BCUT2D eigenvalue weighted by atomic mass is 10.5. The van der Waals surface area contributed by atoms with Gasteiger partial charge in [0.25, 0.3) is 0 Å². The van der Waals surface area contributed by atoms with Crippen molar-refractivity contribution in [3.8, 4) is 0 Å². The summed E-state index contributed by atoms with van der Waals surface area (Å²) in [5.74, 6) is -0.113. The second kappa shape index (κ2) is 5.74. The van der Waals surface area contributed by atoms with Crippen LogP contribution in [0.1, 0.15) is 0 Å². The van der Waals surface area contributed by atoms with E-state index in [1.165, 1.54) is 12.3 Å². The third-order valence-corrected chi connectivity index (χ3v) is 0.836. The minimum absolute atomic E-state index is 0.113. The summed E-state index contributed by atoms with van der Waals surface area (Å²) in [5.41, 5.74) is 0. The van der Waals surface area contributed by atoms with E-state index in [9.17, 15) is 10.1 Å². The van der Waals surface area contributed by atoms with Gasteiger partial charge in [0.15, 0.2) is 0 Å². The van der Waals surface area contributed by atoms with E-state index in [1.54, 1.807) is 12.1 Å². The SMILES string of the molecule is O=S(=O)(Cl)Cl.O=[N+]([O-])c1ccccn1. The molecule has 0 aliphatic heterocycles. The van der Waals surface area contributed by atoms with Gasteiger partial charge in [-0.05, 0) is 16.0 Å². The zero-order valence-electron chi connectivity index (χ0n) is 6.50. The van der Waals surface area contributed by atoms with E-state index in [0.29, 0.717) is 0 Å². The molecule has 0 aromatic carbocycles. The molecule has 0 amide bonds. The molecule has 0 bridgehead atoms. The Balaban J connectivity index is 0.000000292. The van der Waals surface area contributed by atoms with Crippen molar-refractivity contribution in [2.75, 3.05) is 0 Å². The Bertz CT molecular complexity index is 385. The van der Waals surface area contributed by atoms with Crippen molar-refractivity contribution in [1.29, 1.82) is 0 Å². The quantitative estimate of drug-likeness (QED) is 0.435. The Labute approximate surface area is 88.5 Å². The fourth-order valence-electron chi connectivity index (χ4n) is 0.462. The fraction of sp³-hybridized carbons (Fsp3) is 0. The fourth-order valence-corrected chi connectivity index (χ4v) is 0.462. The minimum Gasteiger partial charge on any atom is -0.358 e. The Morgan fingerprint density at radius 2 is 1.86 bits per heavy atom. The van der Waals surface area contributed by atoms with Crippen LogP contribution < -0.4 is 0 Å². The van der Waals surface area contributed by atoms with Crippen LogP contribution in [-0.2, 0) is 8.26 Å². The summed E-state index contributed by atoms with van der Waals surface area (Å²) in [4.78, 5) is 12.9. The van der Waals surface area contributed by atoms with Crippen LogP contribution in [0.4, 0.5) is 5.82 Å². The van der Waals surface area contributed by atoms with Gasteiger partial charge in [-0.25, -0.2) is 0 Å². The van der Waals surface area contributed by atoms with Gasteiger partial charge in [-0.3, -0.25) is 0 Å². The average Bonchev–Trinajstić information content (AvgIpc) is 2.03. The summed E-state index contributed by atoms with van der Waals surface area (Å²) in [7, 11) is 4.81. The van der Waals surface area contributed by atoms with Crippen LogP contribution in [-0.4, -0.2) is 18.3 Å². The maximum atomic E-state index is 9.94. The third-order valence-electron chi connectivity index (χ3n) is 0.836. The third kappa shape index (κ3) is 9.17. The first-order valence-electron chi connectivity index (χ1n) is 3.00. The monoisotopic (exact) mass is 258 g/mol. The Morgan fingerprint density at radius 3 is 2.07 bits per heavy atom. The lowest BCUT2D eigenvalue weighted by Crippen LogP contribution is -1.88. The van der Waals surface area contributed by atoms with Crippen LogP contribution in [0.2, 0.25) is 0 Å². The van der Waals surface area contributed by atoms with Gasteiger partial charge in [-0.15, -0.1) is 0 Å². The molecule has 1 heterocycles. The lowest BCUT2D eigenvalue weighted by molar-refractivity contribution is -0.389. The Hall–Kier alpha value is -0.920. The largest absolute Gasteiger partial charge is 0.363 e. The normalized spacial score (nSPS) is 9.86. The van der Waals surface area contributed by atoms with Crippen LogP contribution >= 0.6 is 21.4 Å². The first-order valence-corrected chi connectivity index (χ1v) is 6.14. The summed E-state index contributed by atoms with van der Waals surface area (Å²) in [6.45, 7) is 0. The van der Waals surface area contributed by atoms with E-state index in [0.717, 1.165) is 0 Å². The Kier molecular flexibility index (Phi) is 5.36. The van der Waals surface area contributed by atoms with Gasteiger partial charge in [-0.2, -0.15) is 8.42 Å². The standard InChI is InChI=1S/C5H4N2O2.Cl2O2S/c8-7(9)5-3-1-2-4-6-5;1-5(2,3)4/h1-4H;. The van der Waals surface area contributed by atoms with Crippen molar-refractivity contribution >= 4 is 35.4 Å². The molecule has 1 aromatic heterocycles. The molecule has 0 aliphatic carbocycles. The average molecular weight is 259 g/mol. The molecule has 0 aliphatic rings. The number of halogens is 2. The number of nitrogens with zero attached hydrogens (tertiary/aromatic N) is 2. The molecule has 0 N–H and O–H groups in total. The molecule has 0 spiro atoms. The first-order chi connectivity index (χ1) is 6.30. The van der Waals surface area contributed by atoms with Crippen molar-refractivity contribution in [2.24, 2.45) is 0 Å². The smallest absolute Gasteiger partial charge is 0.358 e. The molecule has 6 nitrogen and oxygen atoms in total. The molecular formula is C5H4Cl2N2O4S. The molecule has 0 radical (unpaired) electrons. The van der Waals surface area contributed by atoms with E-state index in [2.05, 4.69) is 26.3 Å². The van der Waals surface area contributed by atoms with E-state index in [-0.39, 0.29) is 5.82 Å². The van der Waals surface area contributed by atoms with Crippen LogP contribution in [0.3, 0.4) is 0 Å². The van der Waals surface area contributed by atoms with Crippen molar-refractivity contribution in [1.82, 2.24) is 4.98 Å². The maximum absolute atomic E-state index is 9.94. The highest BCUT2D eigenvalue weighted by atomic mass is 36.0. The van der Waals surface area contributed by atoms with Gasteiger partial charge in [0.2, 0.25) is 0 Å². The molecule has 1 rings (SSSR count). The van der Waals surface area contributed by atoms with Gasteiger partial charge >= 0.3 is 14.1 Å². The summed E-state index contributed by atoms with van der Waals surface area (Å²) < 4.78 is 18.3. The first kappa shape index (κ1) is 13.1. The molecule has 0 saturated heterocycles. The van der Waals surface area contributed by atoms with E-state index >= 15 is 0 Å². The summed E-state index contributed by atoms with van der Waals surface area (Å²) in [5, 5.41) is 9.94. The highest BCUT2D eigenvalue weighted by molar-refractivity contribution is 8.31. The molecule has 0 atom stereocenters. The van der Waals surface area contributed by atoms with Gasteiger partial charge in [0.1, 0.15) is 6.20 Å². The van der Waals surface area contributed by atoms with Crippen molar-refractivity contribution < 1.29 is 13.3 Å². The van der Waals surface area contributed by atoms with Crippen LogP contribution in [0.15, 0.2) is 24.4 Å². The molecule has 0 unspecified atom stereocenters. The summed E-state index contributed by atoms with van der Waals surface area (Å²) in [6, 6.07) is 4.55. The molecule has 1 aromatic rings. The van der Waals surface area contributed by atoms with Crippen molar-refractivity contribution in [3.63, 3.8) is 0 Å². The van der Waals surface area contributed by atoms with Gasteiger partial charge in [0, 0.05) is 27.4 Å². The van der Waals surface area contributed by atoms with Crippen molar-refractivity contribution in [2.45, 2.75) is 0 Å². The maximum Gasteiger partial charge on any atom is 0.363 e. The number of rotatable bonds is 1. The predicted molar refractivity (Wildman–Crippen MR) is 51.5 cm³/mol. The van der Waals surface area contributed by atoms with E-state index in [4.69, 9.17) is 8.42 Å². The van der Waals surface area contributed by atoms with E-state index in [1.807, 2.05) is 0 Å². The zero-order chi connectivity index (χ0) is 11.2. The second-order valence-electron chi connectivity index (χ2n) is 1.82. The van der Waals surface area contributed by atoms with Crippen molar-refractivity contribution in [3.05, 3.63) is 34.5 Å². The van der Waals surface area contributed by atoms with Gasteiger partial charge in [0.05, 0.1) is 0 Å².